The van der Waals surface area contributed by atoms with E-state index in [1.54, 1.807) is 19.2 Å². The number of guanidine groups is 1. The van der Waals surface area contributed by atoms with Gasteiger partial charge < -0.3 is 20.4 Å². The van der Waals surface area contributed by atoms with Crippen molar-refractivity contribution in [3.8, 4) is 0 Å². The Hall–Kier alpha value is -1.98. The summed E-state index contributed by atoms with van der Waals surface area (Å²) in [5, 5.41) is 9.17. The Morgan fingerprint density at radius 2 is 1.95 bits per heavy atom. The van der Waals surface area contributed by atoms with Crippen molar-refractivity contribution in [2.75, 3.05) is 26.7 Å². The fourth-order valence-corrected chi connectivity index (χ4v) is 1.79. The lowest BCUT2D eigenvalue weighted by molar-refractivity contribution is 0.0926. The standard InChI is InChI=1S/C15H26N4O2/c1-12(2)6-4-8-18-15(16-3)19-10-9-17-14(20)13-7-5-11-21-13/h5,7,11-12H,4,6,8-10H2,1-3H3,(H,17,20)(H2,16,18,19). The number of nitrogens with zero attached hydrogens (tertiary/aromatic N) is 1. The third-order valence-corrected chi connectivity index (χ3v) is 2.92. The number of nitrogens with one attached hydrogen (secondary N) is 3. The predicted molar refractivity (Wildman–Crippen MR) is 84.5 cm³/mol. The van der Waals surface area contributed by atoms with Crippen LogP contribution in [-0.4, -0.2) is 38.5 Å². The third kappa shape index (κ3) is 7.39. The molecular weight excluding hydrogens is 268 g/mol. The average molecular weight is 294 g/mol. The first-order valence-corrected chi connectivity index (χ1v) is 7.39. The lowest BCUT2D eigenvalue weighted by Crippen LogP contribution is -2.41. The van der Waals surface area contributed by atoms with Gasteiger partial charge >= 0.3 is 0 Å². The van der Waals surface area contributed by atoms with Gasteiger partial charge in [-0.15, -0.1) is 0 Å². The zero-order valence-corrected chi connectivity index (χ0v) is 13.1. The minimum Gasteiger partial charge on any atom is -0.459 e. The molecule has 1 aromatic rings. The van der Waals surface area contributed by atoms with Crippen LogP contribution in [-0.2, 0) is 0 Å². The van der Waals surface area contributed by atoms with Crippen LogP contribution < -0.4 is 16.0 Å². The van der Waals surface area contributed by atoms with Gasteiger partial charge in [-0.2, -0.15) is 0 Å². The molecule has 6 heteroatoms. The molecule has 0 saturated carbocycles. The SMILES string of the molecule is CN=C(NCCCC(C)C)NCCNC(=O)c1ccco1. The van der Waals surface area contributed by atoms with E-state index in [2.05, 4.69) is 34.8 Å². The molecule has 0 aliphatic carbocycles. The molecule has 0 aromatic carbocycles. The lowest BCUT2D eigenvalue weighted by Gasteiger charge is -2.12. The van der Waals surface area contributed by atoms with Crippen LogP contribution in [0.2, 0.25) is 0 Å². The molecule has 0 saturated heterocycles. The Morgan fingerprint density at radius 3 is 2.57 bits per heavy atom. The van der Waals surface area contributed by atoms with Crippen molar-refractivity contribution in [3.63, 3.8) is 0 Å². The number of carbonyl (C=O) groups is 1. The second-order valence-electron chi connectivity index (χ2n) is 5.20. The van der Waals surface area contributed by atoms with Crippen LogP contribution >= 0.6 is 0 Å². The van der Waals surface area contributed by atoms with Crippen LogP contribution in [0.15, 0.2) is 27.8 Å². The van der Waals surface area contributed by atoms with Crippen LogP contribution in [0.25, 0.3) is 0 Å². The van der Waals surface area contributed by atoms with Crippen molar-refractivity contribution in [2.45, 2.75) is 26.7 Å². The number of carbonyl (C=O) groups excluding carboxylic acids is 1. The molecular formula is C15H26N4O2. The second kappa shape index (κ2) is 9.85. The number of furan rings is 1. The summed E-state index contributed by atoms with van der Waals surface area (Å²) in [4.78, 5) is 15.8. The van der Waals surface area contributed by atoms with Gasteiger partial charge in [0.1, 0.15) is 0 Å². The number of amides is 1. The molecule has 1 heterocycles. The van der Waals surface area contributed by atoms with Gasteiger partial charge in [-0.05, 0) is 30.9 Å². The van der Waals surface area contributed by atoms with E-state index in [1.807, 2.05) is 0 Å². The monoisotopic (exact) mass is 294 g/mol. The zero-order chi connectivity index (χ0) is 15.5. The molecule has 0 bridgehead atoms. The molecule has 0 aliphatic rings. The molecule has 1 rings (SSSR count). The highest BCUT2D eigenvalue weighted by atomic mass is 16.3. The van der Waals surface area contributed by atoms with E-state index in [-0.39, 0.29) is 5.91 Å². The van der Waals surface area contributed by atoms with Gasteiger partial charge in [-0.1, -0.05) is 13.8 Å². The van der Waals surface area contributed by atoms with Gasteiger partial charge in [0.2, 0.25) is 0 Å². The topological polar surface area (TPSA) is 78.7 Å². The molecule has 0 unspecified atom stereocenters. The zero-order valence-electron chi connectivity index (χ0n) is 13.1. The summed E-state index contributed by atoms with van der Waals surface area (Å²) in [5.74, 6) is 1.59. The van der Waals surface area contributed by atoms with E-state index in [4.69, 9.17) is 4.42 Å². The summed E-state index contributed by atoms with van der Waals surface area (Å²) >= 11 is 0. The number of hydrogen-bond donors (Lipinski definition) is 3. The largest absolute Gasteiger partial charge is 0.459 e. The van der Waals surface area contributed by atoms with Crippen LogP contribution in [0.5, 0.6) is 0 Å². The Morgan fingerprint density at radius 1 is 1.24 bits per heavy atom. The van der Waals surface area contributed by atoms with Crippen LogP contribution in [0, 0.1) is 5.92 Å². The van der Waals surface area contributed by atoms with Crippen LogP contribution in [0.3, 0.4) is 0 Å². The Balaban J connectivity index is 2.11. The van der Waals surface area contributed by atoms with Gasteiger partial charge in [0.05, 0.1) is 6.26 Å². The fraction of sp³-hybridized carbons (Fsp3) is 0.600. The van der Waals surface area contributed by atoms with Crippen molar-refractivity contribution in [1.82, 2.24) is 16.0 Å². The normalized spacial score (nSPS) is 11.5. The van der Waals surface area contributed by atoms with Crippen molar-refractivity contribution < 1.29 is 9.21 Å². The molecule has 0 aliphatic heterocycles. The second-order valence-corrected chi connectivity index (χ2v) is 5.20. The minimum atomic E-state index is -0.207. The van der Waals surface area contributed by atoms with E-state index in [0.29, 0.717) is 18.8 Å². The lowest BCUT2D eigenvalue weighted by atomic mass is 10.1. The smallest absolute Gasteiger partial charge is 0.287 e. The fourth-order valence-electron chi connectivity index (χ4n) is 1.79. The molecule has 1 amide bonds. The van der Waals surface area contributed by atoms with E-state index >= 15 is 0 Å². The Bertz CT molecular complexity index is 427. The summed E-state index contributed by atoms with van der Waals surface area (Å²) < 4.78 is 5.01. The van der Waals surface area contributed by atoms with Crippen molar-refractivity contribution in [2.24, 2.45) is 10.9 Å². The summed E-state index contributed by atoms with van der Waals surface area (Å²) in [5.41, 5.74) is 0. The first-order chi connectivity index (χ1) is 10.1. The first-order valence-electron chi connectivity index (χ1n) is 7.39. The summed E-state index contributed by atoms with van der Waals surface area (Å²) in [7, 11) is 1.74. The minimum absolute atomic E-state index is 0.207. The Kier molecular flexibility index (Phi) is 8.01. The highest BCUT2D eigenvalue weighted by Crippen LogP contribution is 2.01. The maximum Gasteiger partial charge on any atom is 0.287 e. The molecule has 118 valence electrons. The van der Waals surface area contributed by atoms with E-state index in [1.165, 1.54) is 12.7 Å². The summed E-state index contributed by atoms with van der Waals surface area (Å²) in [6.07, 6.45) is 3.80. The van der Waals surface area contributed by atoms with E-state index < -0.39 is 0 Å². The molecule has 3 N–H and O–H groups in total. The quantitative estimate of drug-likeness (QED) is 0.387. The molecule has 0 radical (unpaired) electrons. The molecule has 0 atom stereocenters. The van der Waals surface area contributed by atoms with Gasteiger partial charge in [-0.3, -0.25) is 9.79 Å². The third-order valence-electron chi connectivity index (χ3n) is 2.92. The average Bonchev–Trinajstić information content (AvgIpc) is 2.99. The van der Waals surface area contributed by atoms with E-state index in [0.717, 1.165) is 24.8 Å². The van der Waals surface area contributed by atoms with Crippen molar-refractivity contribution in [3.05, 3.63) is 24.2 Å². The van der Waals surface area contributed by atoms with Gasteiger partial charge in [0.15, 0.2) is 11.7 Å². The van der Waals surface area contributed by atoms with Gasteiger partial charge in [-0.25, -0.2) is 0 Å². The van der Waals surface area contributed by atoms with Crippen molar-refractivity contribution in [1.29, 1.82) is 0 Å². The number of hydrogen-bond acceptors (Lipinski definition) is 3. The highest BCUT2D eigenvalue weighted by molar-refractivity contribution is 5.91. The van der Waals surface area contributed by atoms with Gasteiger partial charge in [0.25, 0.3) is 5.91 Å². The molecule has 6 nitrogen and oxygen atoms in total. The van der Waals surface area contributed by atoms with Gasteiger partial charge in [0, 0.05) is 26.7 Å². The van der Waals surface area contributed by atoms with Crippen LogP contribution in [0.1, 0.15) is 37.2 Å². The number of aliphatic imine (C=N–C) groups is 1. The predicted octanol–water partition coefficient (Wildman–Crippen LogP) is 1.61. The maximum atomic E-state index is 11.6. The van der Waals surface area contributed by atoms with Crippen LogP contribution in [0.4, 0.5) is 0 Å². The maximum absolute atomic E-state index is 11.6. The summed E-state index contributed by atoms with van der Waals surface area (Å²) in [6, 6.07) is 3.33. The number of rotatable bonds is 8. The van der Waals surface area contributed by atoms with E-state index in [9.17, 15) is 4.79 Å². The molecule has 21 heavy (non-hydrogen) atoms. The molecule has 0 spiro atoms. The van der Waals surface area contributed by atoms with Crippen molar-refractivity contribution >= 4 is 11.9 Å². The first kappa shape index (κ1) is 17.1. The Labute approximate surface area is 126 Å². The summed E-state index contributed by atoms with van der Waals surface area (Å²) in [6.45, 7) is 6.45. The molecule has 1 aromatic heterocycles. The molecule has 0 fully saturated rings. The highest BCUT2D eigenvalue weighted by Gasteiger charge is 2.06.